The lowest BCUT2D eigenvalue weighted by atomic mass is 9.83. The van der Waals surface area contributed by atoms with Crippen LogP contribution in [0.2, 0.25) is 0 Å². The van der Waals surface area contributed by atoms with Crippen LogP contribution in [-0.2, 0) is 5.41 Å². The first-order valence-electron chi connectivity index (χ1n) is 8.98. The van der Waals surface area contributed by atoms with Crippen molar-refractivity contribution in [1.29, 1.82) is 0 Å². The minimum absolute atomic E-state index is 0.0452. The average molecular weight is 336 g/mol. The molecular weight excluding hydrogens is 306 g/mol. The number of urea groups is 1. The number of nitrogens with zero attached hydrogens (tertiary/aromatic N) is 2. The zero-order chi connectivity index (χ0) is 16.4. The summed E-state index contributed by atoms with van der Waals surface area (Å²) in [5, 5.41) is 4.06. The molecule has 128 valence electrons. The third-order valence-corrected chi connectivity index (χ3v) is 5.99. The van der Waals surface area contributed by atoms with Crippen LogP contribution in [0.1, 0.15) is 71.4 Å². The third kappa shape index (κ3) is 3.70. The summed E-state index contributed by atoms with van der Waals surface area (Å²) in [4.78, 5) is 19.4. The highest BCUT2D eigenvalue weighted by Crippen LogP contribution is 2.36. The zero-order valence-corrected chi connectivity index (χ0v) is 15.4. The maximum Gasteiger partial charge on any atom is 0.322 e. The summed E-state index contributed by atoms with van der Waals surface area (Å²) in [6.45, 7) is 7.31. The van der Waals surface area contributed by atoms with E-state index < -0.39 is 0 Å². The molecule has 1 aliphatic heterocycles. The molecule has 2 amide bonds. The first kappa shape index (κ1) is 16.7. The Bertz CT molecular complexity index is 543. The predicted octanol–water partition coefficient (Wildman–Crippen LogP) is 5.02. The number of aromatic nitrogens is 1. The van der Waals surface area contributed by atoms with Crippen molar-refractivity contribution >= 4 is 22.4 Å². The molecule has 1 saturated carbocycles. The second-order valence-electron chi connectivity index (χ2n) is 8.01. The van der Waals surface area contributed by atoms with Crippen molar-refractivity contribution in [1.82, 2.24) is 9.88 Å². The van der Waals surface area contributed by atoms with Crippen molar-refractivity contribution in [3.05, 3.63) is 11.2 Å². The third-order valence-electron chi connectivity index (χ3n) is 5.25. The fourth-order valence-electron chi connectivity index (χ4n) is 4.09. The van der Waals surface area contributed by atoms with Gasteiger partial charge in [0.15, 0.2) is 0 Å². The fraction of sp³-hybridized carbons (Fsp3) is 0.778. The van der Waals surface area contributed by atoms with Gasteiger partial charge in [0.1, 0.15) is 5.00 Å². The molecule has 1 unspecified atom stereocenters. The molecule has 3 rings (SSSR count). The van der Waals surface area contributed by atoms with Crippen molar-refractivity contribution in [2.75, 3.05) is 11.9 Å². The van der Waals surface area contributed by atoms with Crippen LogP contribution in [-0.4, -0.2) is 28.5 Å². The van der Waals surface area contributed by atoms with Gasteiger partial charge in [0.25, 0.3) is 0 Å². The molecule has 0 spiro atoms. The van der Waals surface area contributed by atoms with Crippen LogP contribution in [0.3, 0.4) is 0 Å². The van der Waals surface area contributed by atoms with Gasteiger partial charge in [-0.05, 0) is 31.6 Å². The summed E-state index contributed by atoms with van der Waals surface area (Å²) >= 11 is 1.53. The van der Waals surface area contributed by atoms with Gasteiger partial charge in [0, 0.05) is 18.0 Å². The van der Waals surface area contributed by atoms with Crippen LogP contribution >= 0.6 is 11.3 Å². The quantitative estimate of drug-likeness (QED) is 0.825. The highest BCUT2D eigenvalue weighted by atomic mass is 32.1. The van der Waals surface area contributed by atoms with Gasteiger partial charge in [0.05, 0.1) is 11.2 Å². The van der Waals surface area contributed by atoms with Crippen LogP contribution in [0.15, 0.2) is 5.51 Å². The van der Waals surface area contributed by atoms with Crippen molar-refractivity contribution < 1.29 is 4.79 Å². The van der Waals surface area contributed by atoms with Crippen LogP contribution in [0.4, 0.5) is 9.80 Å². The molecule has 0 bridgehead atoms. The van der Waals surface area contributed by atoms with Gasteiger partial charge in [-0.15, -0.1) is 11.3 Å². The second kappa shape index (κ2) is 6.80. The minimum Gasteiger partial charge on any atom is -0.321 e. The van der Waals surface area contributed by atoms with E-state index in [-0.39, 0.29) is 11.4 Å². The molecule has 1 saturated heterocycles. The van der Waals surface area contributed by atoms with Crippen LogP contribution < -0.4 is 5.32 Å². The first-order valence-corrected chi connectivity index (χ1v) is 9.86. The average Bonchev–Trinajstić information content (AvgIpc) is 3.16. The van der Waals surface area contributed by atoms with Gasteiger partial charge < -0.3 is 4.90 Å². The van der Waals surface area contributed by atoms with Crippen molar-refractivity contribution in [2.24, 2.45) is 5.92 Å². The highest BCUT2D eigenvalue weighted by molar-refractivity contribution is 7.14. The Morgan fingerprint density at radius 3 is 2.65 bits per heavy atom. The summed E-state index contributed by atoms with van der Waals surface area (Å²) in [5.41, 5.74) is 2.78. The van der Waals surface area contributed by atoms with Gasteiger partial charge >= 0.3 is 6.03 Å². The Balaban J connectivity index is 1.69. The monoisotopic (exact) mass is 335 g/mol. The summed E-state index contributed by atoms with van der Waals surface area (Å²) < 4.78 is 0. The molecule has 1 aromatic heterocycles. The summed E-state index contributed by atoms with van der Waals surface area (Å²) in [5.74, 6) is 0.709. The largest absolute Gasteiger partial charge is 0.322 e. The molecule has 0 radical (unpaired) electrons. The summed E-state index contributed by atoms with van der Waals surface area (Å²) in [7, 11) is 0. The molecule has 4 nitrogen and oxygen atoms in total. The number of anilines is 1. The van der Waals surface area contributed by atoms with E-state index in [4.69, 9.17) is 0 Å². The SMILES string of the molecule is CC(C)(C)c1ncsc1NC(=O)N1CCCC1C1CCCCC1. The number of rotatable bonds is 2. The Morgan fingerprint density at radius 1 is 1.22 bits per heavy atom. The molecule has 2 fully saturated rings. The Hall–Kier alpha value is -1.10. The van der Waals surface area contributed by atoms with Crippen molar-refractivity contribution in [3.63, 3.8) is 0 Å². The number of hydrogen-bond acceptors (Lipinski definition) is 3. The number of amides is 2. The highest BCUT2D eigenvalue weighted by Gasteiger charge is 2.35. The minimum atomic E-state index is -0.0452. The molecule has 1 aliphatic carbocycles. The van der Waals surface area contributed by atoms with E-state index in [0.717, 1.165) is 23.7 Å². The van der Waals surface area contributed by atoms with E-state index in [2.05, 4.69) is 36.0 Å². The molecule has 2 aliphatic rings. The zero-order valence-electron chi connectivity index (χ0n) is 14.6. The Labute approximate surface area is 143 Å². The number of likely N-dealkylation sites (tertiary alicyclic amines) is 1. The van der Waals surface area contributed by atoms with E-state index in [9.17, 15) is 4.79 Å². The fourth-order valence-corrected chi connectivity index (χ4v) is 4.97. The Kier molecular flexibility index (Phi) is 4.95. The topological polar surface area (TPSA) is 45.2 Å². The number of nitrogens with one attached hydrogen (secondary N) is 1. The predicted molar refractivity (Wildman–Crippen MR) is 96.1 cm³/mol. The number of thiazole rings is 1. The lowest BCUT2D eigenvalue weighted by molar-refractivity contribution is 0.166. The molecule has 23 heavy (non-hydrogen) atoms. The standard InChI is InChI=1S/C18H29N3OS/c1-18(2,3)15-16(23-12-19-15)20-17(22)21-11-7-10-14(21)13-8-5-4-6-9-13/h12-14H,4-11H2,1-3H3,(H,20,22). The van der Waals surface area contributed by atoms with Crippen molar-refractivity contribution in [3.8, 4) is 0 Å². The molecular formula is C18H29N3OS. The maximum atomic E-state index is 12.8. The lowest BCUT2D eigenvalue weighted by Crippen LogP contribution is -2.43. The second-order valence-corrected chi connectivity index (χ2v) is 8.87. The smallest absolute Gasteiger partial charge is 0.321 e. The molecule has 1 aromatic rings. The first-order chi connectivity index (χ1) is 11.0. The van der Waals surface area contributed by atoms with Gasteiger partial charge in [-0.2, -0.15) is 0 Å². The summed E-state index contributed by atoms with van der Waals surface area (Å²) in [6.07, 6.45) is 8.94. The number of carbonyl (C=O) groups is 1. The number of carbonyl (C=O) groups excluding carboxylic acids is 1. The van der Waals surface area contributed by atoms with E-state index in [1.165, 1.54) is 49.9 Å². The van der Waals surface area contributed by atoms with Gasteiger partial charge in [-0.1, -0.05) is 40.0 Å². The van der Waals surface area contributed by atoms with E-state index in [0.29, 0.717) is 12.0 Å². The van der Waals surface area contributed by atoms with Gasteiger partial charge in [0.2, 0.25) is 0 Å². The molecule has 0 aromatic carbocycles. The van der Waals surface area contributed by atoms with Crippen LogP contribution in [0, 0.1) is 5.92 Å². The molecule has 1 atom stereocenters. The van der Waals surface area contributed by atoms with Gasteiger partial charge in [-0.25, -0.2) is 9.78 Å². The summed E-state index contributed by atoms with van der Waals surface area (Å²) in [6, 6.07) is 0.522. The maximum absolute atomic E-state index is 12.8. The van der Waals surface area contributed by atoms with E-state index >= 15 is 0 Å². The van der Waals surface area contributed by atoms with Gasteiger partial charge in [-0.3, -0.25) is 5.32 Å². The molecule has 2 heterocycles. The van der Waals surface area contributed by atoms with Crippen molar-refractivity contribution in [2.45, 2.75) is 77.2 Å². The van der Waals surface area contributed by atoms with Crippen LogP contribution in [0.5, 0.6) is 0 Å². The van der Waals surface area contributed by atoms with Crippen LogP contribution in [0.25, 0.3) is 0 Å². The normalized spacial score (nSPS) is 23.3. The lowest BCUT2D eigenvalue weighted by Gasteiger charge is -2.34. The molecule has 1 N–H and O–H groups in total. The van der Waals surface area contributed by atoms with E-state index in [1.807, 2.05) is 5.51 Å². The Morgan fingerprint density at radius 2 is 1.96 bits per heavy atom. The number of hydrogen-bond donors (Lipinski definition) is 1. The molecule has 5 heteroatoms. The van der Waals surface area contributed by atoms with E-state index in [1.54, 1.807) is 0 Å².